The standard InChI is InChI=1S/C19H35N/c1-19(2,3)17-7-8-18(20-4)16(12-17)11-15-10-13-5-6-14(15)9-13/h13-18,20H,5-12H2,1-4H3. The Balaban J connectivity index is 1.62. The lowest BCUT2D eigenvalue weighted by Crippen LogP contribution is -2.42. The summed E-state index contributed by atoms with van der Waals surface area (Å²) in [5.41, 5.74) is 0.506. The van der Waals surface area contributed by atoms with Gasteiger partial charge in [-0.3, -0.25) is 0 Å². The lowest BCUT2D eigenvalue weighted by atomic mass is 9.65. The first-order valence-corrected chi connectivity index (χ1v) is 9.14. The maximum atomic E-state index is 3.64. The van der Waals surface area contributed by atoms with Gasteiger partial charge in [-0.1, -0.05) is 27.2 Å². The fraction of sp³-hybridized carbons (Fsp3) is 1.00. The first-order chi connectivity index (χ1) is 9.47. The molecule has 3 rings (SSSR count). The highest BCUT2D eigenvalue weighted by atomic mass is 14.9. The van der Waals surface area contributed by atoms with Crippen molar-refractivity contribution in [2.45, 2.75) is 78.2 Å². The van der Waals surface area contributed by atoms with Crippen LogP contribution in [0.15, 0.2) is 0 Å². The fourth-order valence-electron chi connectivity index (χ4n) is 5.75. The number of rotatable bonds is 3. The van der Waals surface area contributed by atoms with Crippen LogP contribution < -0.4 is 5.32 Å². The lowest BCUT2D eigenvalue weighted by molar-refractivity contribution is 0.0952. The van der Waals surface area contributed by atoms with Gasteiger partial charge in [0.2, 0.25) is 0 Å². The van der Waals surface area contributed by atoms with Gasteiger partial charge in [-0.15, -0.1) is 0 Å². The molecule has 2 bridgehead atoms. The van der Waals surface area contributed by atoms with Crippen molar-refractivity contribution in [3.63, 3.8) is 0 Å². The molecule has 0 heterocycles. The summed E-state index contributed by atoms with van der Waals surface area (Å²) >= 11 is 0. The molecular formula is C19H35N. The van der Waals surface area contributed by atoms with Gasteiger partial charge in [0.25, 0.3) is 0 Å². The highest BCUT2D eigenvalue weighted by Crippen LogP contribution is 2.52. The van der Waals surface area contributed by atoms with Gasteiger partial charge in [0, 0.05) is 6.04 Å². The van der Waals surface area contributed by atoms with E-state index < -0.39 is 0 Å². The Kier molecular flexibility index (Phi) is 4.19. The maximum Gasteiger partial charge on any atom is 0.00926 e. The highest BCUT2D eigenvalue weighted by Gasteiger charge is 2.42. The van der Waals surface area contributed by atoms with Crippen molar-refractivity contribution in [3.05, 3.63) is 0 Å². The molecule has 1 heteroatoms. The summed E-state index contributed by atoms with van der Waals surface area (Å²) in [6, 6.07) is 0.799. The Morgan fingerprint density at radius 3 is 2.25 bits per heavy atom. The van der Waals surface area contributed by atoms with E-state index in [1.807, 2.05) is 0 Å². The van der Waals surface area contributed by atoms with Gasteiger partial charge in [-0.2, -0.15) is 0 Å². The molecule has 6 unspecified atom stereocenters. The van der Waals surface area contributed by atoms with Gasteiger partial charge < -0.3 is 5.32 Å². The molecule has 0 aliphatic heterocycles. The van der Waals surface area contributed by atoms with E-state index in [4.69, 9.17) is 0 Å². The van der Waals surface area contributed by atoms with Gasteiger partial charge in [0.05, 0.1) is 0 Å². The average molecular weight is 277 g/mol. The highest BCUT2D eigenvalue weighted by molar-refractivity contribution is 4.95. The number of hydrogen-bond donors (Lipinski definition) is 1. The molecule has 0 radical (unpaired) electrons. The quantitative estimate of drug-likeness (QED) is 0.776. The zero-order valence-electron chi connectivity index (χ0n) is 14.1. The minimum Gasteiger partial charge on any atom is -0.317 e. The summed E-state index contributed by atoms with van der Waals surface area (Å²) in [5, 5.41) is 3.64. The molecule has 0 aromatic heterocycles. The molecule has 3 saturated carbocycles. The largest absolute Gasteiger partial charge is 0.317 e. The molecule has 3 aliphatic rings. The summed E-state index contributed by atoms with van der Waals surface area (Å²) in [4.78, 5) is 0. The zero-order chi connectivity index (χ0) is 14.3. The van der Waals surface area contributed by atoms with Gasteiger partial charge in [0.15, 0.2) is 0 Å². The van der Waals surface area contributed by atoms with E-state index in [2.05, 4.69) is 33.1 Å². The third-order valence-electron chi connectivity index (χ3n) is 7.07. The summed E-state index contributed by atoms with van der Waals surface area (Å²) in [7, 11) is 2.19. The van der Waals surface area contributed by atoms with E-state index in [9.17, 15) is 0 Å². The molecular weight excluding hydrogens is 242 g/mol. The summed E-state index contributed by atoms with van der Waals surface area (Å²) in [6.07, 6.45) is 12.1. The molecule has 1 nitrogen and oxygen atoms in total. The Labute approximate surface area is 126 Å². The Morgan fingerprint density at radius 1 is 0.900 bits per heavy atom. The van der Waals surface area contributed by atoms with Gasteiger partial charge >= 0.3 is 0 Å². The van der Waals surface area contributed by atoms with Crippen LogP contribution in [0.2, 0.25) is 0 Å². The zero-order valence-corrected chi connectivity index (χ0v) is 14.1. The van der Waals surface area contributed by atoms with Gasteiger partial charge in [-0.25, -0.2) is 0 Å². The van der Waals surface area contributed by atoms with Crippen molar-refractivity contribution < 1.29 is 0 Å². The van der Waals surface area contributed by atoms with Gasteiger partial charge in [0.1, 0.15) is 0 Å². The third-order valence-corrected chi connectivity index (χ3v) is 7.07. The lowest BCUT2D eigenvalue weighted by Gasteiger charge is -2.43. The third kappa shape index (κ3) is 2.93. The smallest absolute Gasteiger partial charge is 0.00926 e. The molecule has 116 valence electrons. The molecule has 3 fully saturated rings. The van der Waals surface area contributed by atoms with Crippen molar-refractivity contribution in [1.82, 2.24) is 5.32 Å². The molecule has 6 atom stereocenters. The number of nitrogens with one attached hydrogen (secondary N) is 1. The predicted molar refractivity (Wildman–Crippen MR) is 86.7 cm³/mol. The van der Waals surface area contributed by atoms with E-state index in [-0.39, 0.29) is 0 Å². The van der Waals surface area contributed by atoms with Crippen LogP contribution in [0.1, 0.15) is 72.1 Å². The van der Waals surface area contributed by atoms with Crippen LogP contribution in [0.4, 0.5) is 0 Å². The summed E-state index contributed by atoms with van der Waals surface area (Å²) in [5.74, 6) is 5.18. The molecule has 0 saturated heterocycles. The molecule has 20 heavy (non-hydrogen) atoms. The summed E-state index contributed by atoms with van der Waals surface area (Å²) < 4.78 is 0. The number of hydrogen-bond acceptors (Lipinski definition) is 1. The first kappa shape index (κ1) is 14.9. The molecule has 0 spiro atoms. The Morgan fingerprint density at radius 2 is 1.70 bits per heavy atom. The van der Waals surface area contributed by atoms with Crippen molar-refractivity contribution in [2.75, 3.05) is 7.05 Å². The van der Waals surface area contributed by atoms with Crippen LogP contribution >= 0.6 is 0 Å². The van der Waals surface area contributed by atoms with Crippen LogP contribution in [-0.4, -0.2) is 13.1 Å². The van der Waals surface area contributed by atoms with E-state index >= 15 is 0 Å². The van der Waals surface area contributed by atoms with Crippen LogP contribution in [0.3, 0.4) is 0 Å². The van der Waals surface area contributed by atoms with E-state index in [0.717, 1.165) is 35.6 Å². The molecule has 0 aromatic rings. The second-order valence-corrected chi connectivity index (χ2v) is 9.20. The topological polar surface area (TPSA) is 12.0 Å². The second-order valence-electron chi connectivity index (χ2n) is 9.20. The van der Waals surface area contributed by atoms with Crippen LogP contribution in [0.25, 0.3) is 0 Å². The maximum absolute atomic E-state index is 3.64. The SMILES string of the molecule is CNC1CCC(C(C)(C)C)CC1CC1CC2CCC1C2. The Hall–Kier alpha value is -0.0400. The van der Waals surface area contributed by atoms with Crippen molar-refractivity contribution in [2.24, 2.45) is 35.0 Å². The average Bonchev–Trinajstić information content (AvgIpc) is 3.00. The minimum absolute atomic E-state index is 0.506. The first-order valence-electron chi connectivity index (χ1n) is 9.14. The molecule has 3 aliphatic carbocycles. The monoisotopic (exact) mass is 277 g/mol. The normalized spacial score (nSPS) is 45.0. The second kappa shape index (κ2) is 5.63. The van der Waals surface area contributed by atoms with Crippen molar-refractivity contribution >= 4 is 0 Å². The Bertz CT molecular complexity index is 329. The van der Waals surface area contributed by atoms with E-state index in [1.54, 1.807) is 25.7 Å². The molecule has 0 aromatic carbocycles. The molecule has 0 amide bonds. The van der Waals surface area contributed by atoms with Gasteiger partial charge in [-0.05, 0) is 87.0 Å². The summed E-state index contributed by atoms with van der Waals surface area (Å²) in [6.45, 7) is 7.35. The van der Waals surface area contributed by atoms with Crippen LogP contribution in [0, 0.1) is 35.0 Å². The predicted octanol–water partition coefficient (Wildman–Crippen LogP) is 4.86. The van der Waals surface area contributed by atoms with Crippen molar-refractivity contribution in [3.8, 4) is 0 Å². The van der Waals surface area contributed by atoms with Crippen molar-refractivity contribution in [1.29, 1.82) is 0 Å². The minimum atomic E-state index is 0.506. The van der Waals surface area contributed by atoms with E-state index in [1.165, 1.54) is 25.7 Å². The number of fused-ring (bicyclic) bond motifs is 2. The van der Waals surface area contributed by atoms with E-state index in [0.29, 0.717) is 5.41 Å². The van der Waals surface area contributed by atoms with Crippen LogP contribution in [0.5, 0.6) is 0 Å². The fourth-order valence-corrected chi connectivity index (χ4v) is 5.75. The van der Waals surface area contributed by atoms with Crippen LogP contribution in [-0.2, 0) is 0 Å². The molecule has 1 N–H and O–H groups in total.